The van der Waals surface area contributed by atoms with E-state index in [1.165, 1.54) is 12.3 Å². The van der Waals surface area contributed by atoms with Gasteiger partial charge < -0.3 is 10.6 Å². The second kappa shape index (κ2) is 4.22. The molecule has 0 unspecified atom stereocenters. The van der Waals surface area contributed by atoms with Crippen LogP contribution in [0.4, 0.5) is 19.0 Å². The van der Waals surface area contributed by atoms with Gasteiger partial charge in [0.25, 0.3) is 0 Å². The second-order valence-electron chi connectivity index (χ2n) is 5.06. The Labute approximate surface area is 107 Å². The topological polar surface area (TPSA) is 59.0 Å². The molecule has 1 saturated carbocycles. The smallest absolute Gasteiger partial charge is 0.308 e. The summed E-state index contributed by atoms with van der Waals surface area (Å²) in [7, 11) is 0. The van der Waals surface area contributed by atoms with Crippen LogP contribution in [0.1, 0.15) is 12.8 Å². The number of hydrogen-bond donors (Lipinski definition) is 2. The van der Waals surface area contributed by atoms with Gasteiger partial charge in [-0.15, -0.1) is 0 Å². The molecule has 0 bridgehead atoms. The molecular weight excluding hydrogens is 261 g/mol. The van der Waals surface area contributed by atoms with Crippen LogP contribution in [-0.4, -0.2) is 33.9 Å². The minimum atomic E-state index is -4.32. The molecule has 2 heterocycles. The Hall–Kier alpha value is -1.57. The van der Waals surface area contributed by atoms with Crippen molar-refractivity contribution >= 4 is 11.7 Å². The van der Waals surface area contributed by atoms with Crippen LogP contribution < -0.4 is 10.6 Å². The van der Waals surface area contributed by atoms with Crippen LogP contribution in [0.15, 0.2) is 12.3 Å². The molecule has 2 N–H and O–H groups in total. The zero-order valence-corrected chi connectivity index (χ0v) is 9.94. The van der Waals surface area contributed by atoms with Gasteiger partial charge in [-0.2, -0.15) is 18.3 Å². The number of aromatic nitrogens is 2. The number of nitrogens with zero attached hydrogens (tertiary/aromatic N) is 2. The van der Waals surface area contributed by atoms with Crippen molar-refractivity contribution in [2.24, 2.45) is 5.92 Å². The van der Waals surface area contributed by atoms with Gasteiger partial charge in [-0.05, 0) is 18.8 Å². The molecule has 0 radical (unpaired) electrons. The summed E-state index contributed by atoms with van der Waals surface area (Å²) in [5.74, 6) is 0.500. The number of rotatable bonds is 3. The number of piperidine rings is 1. The molecule has 3 rings (SSSR count). The Bertz CT molecular complexity index is 488. The van der Waals surface area contributed by atoms with Crippen molar-refractivity contribution in [1.82, 2.24) is 15.1 Å². The summed E-state index contributed by atoms with van der Waals surface area (Å²) in [5.41, 5.74) is 0. The molecule has 1 aliphatic carbocycles. The number of nitrogens with one attached hydrogen (secondary N) is 2. The Morgan fingerprint density at radius 1 is 1.53 bits per heavy atom. The van der Waals surface area contributed by atoms with Crippen molar-refractivity contribution in [3.63, 3.8) is 0 Å². The molecule has 1 aliphatic heterocycles. The van der Waals surface area contributed by atoms with Crippen molar-refractivity contribution in [3.8, 4) is 0 Å². The highest BCUT2D eigenvalue weighted by molar-refractivity contribution is 5.94. The first-order valence-electron chi connectivity index (χ1n) is 6.08. The fourth-order valence-corrected chi connectivity index (χ4v) is 2.44. The van der Waals surface area contributed by atoms with Crippen LogP contribution in [0.25, 0.3) is 0 Å². The minimum absolute atomic E-state index is 0.150. The average Bonchev–Trinajstić information content (AvgIpc) is 2.71. The lowest BCUT2D eigenvalue weighted by atomic mass is 10.2. The van der Waals surface area contributed by atoms with Crippen molar-refractivity contribution < 1.29 is 18.0 Å². The van der Waals surface area contributed by atoms with Gasteiger partial charge in [0, 0.05) is 18.3 Å². The molecular formula is C11H13F3N4O. The Morgan fingerprint density at radius 2 is 2.32 bits per heavy atom. The molecule has 1 aromatic rings. The number of carbonyl (C=O) groups is 1. The maximum absolute atomic E-state index is 12.1. The molecule has 1 aromatic heterocycles. The van der Waals surface area contributed by atoms with Crippen molar-refractivity contribution in [3.05, 3.63) is 12.3 Å². The van der Waals surface area contributed by atoms with Gasteiger partial charge in [0.2, 0.25) is 5.91 Å². The minimum Gasteiger partial charge on any atom is -0.308 e. The maximum atomic E-state index is 12.1. The number of fused-ring (bicyclic) bond motifs is 1. The van der Waals surface area contributed by atoms with Gasteiger partial charge in [0.05, 0.1) is 6.04 Å². The predicted octanol–water partition coefficient (Wildman–Crippen LogP) is 1.13. The van der Waals surface area contributed by atoms with Gasteiger partial charge in [0.1, 0.15) is 6.54 Å². The van der Waals surface area contributed by atoms with Crippen molar-refractivity contribution in [2.45, 2.75) is 37.6 Å². The highest BCUT2D eigenvalue weighted by Gasteiger charge is 2.47. The van der Waals surface area contributed by atoms with Crippen LogP contribution in [0.2, 0.25) is 0 Å². The fourth-order valence-electron chi connectivity index (χ4n) is 2.44. The van der Waals surface area contributed by atoms with Gasteiger partial charge in [-0.3, -0.25) is 9.48 Å². The van der Waals surface area contributed by atoms with E-state index in [0.717, 1.165) is 17.5 Å². The third kappa shape index (κ3) is 2.89. The SMILES string of the molecule is O=C(Nc1ccn(CC(F)(F)F)n1)[C@@H]1C[C@H]2C[C@H]2N1. The quantitative estimate of drug-likeness (QED) is 0.869. The van der Waals surface area contributed by atoms with Crippen LogP contribution in [0.3, 0.4) is 0 Å². The first-order valence-corrected chi connectivity index (χ1v) is 6.08. The standard InChI is InChI=1S/C11H13F3N4O/c12-11(13,14)5-18-2-1-9(17-18)16-10(19)8-4-6-3-7(6)15-8/h1-2,6-8,15H,3-5H2,(H,16,17,19)/t6-,7-,8+/m1/s1. The Balaban J connectivity index is 1.56. The lowest BCUT2D eigenvalue weighted by Gasteiger charge is -2.11. The summed E-state index contributed by atoms with van der Waals surface area (Å²) in [6, 6.07) is 1.55. The van der Waals surface area contributed by atoms with Crippen molar-refractivity contribution in [2.75, 3.05) is 5.32 Å². The van der Waals surface area contributed by atoms with Crippen LogP contribution in [0, 0.1) is 5.92 Å². The van der Waals surface area contributed by atoms with E-state index in [1.54, 1.807) is 0 Å². The molecule has 0 spiro atoms. The highest BCUT2D eigenvalue weighted by atomic mass is 19.4. The summed E-state index contributed by atoms with van der Waals surface area (Å²) in [6.45, 7) is -1.16. The molecule has 3 atom stereocenters. The van der Waals surface area contributed by atoms with Gasteiger partial charge in [-0.1, -0.05) is 0 Å². The maximum Gasteiger partial charge on any atom is 0.408 e. The Morgan fingerprint density at radius 3 is 2.95 bits per heavy atom. The Kier molecular flexibility index (Phi) is 2.77. The monoisotopic (exact) mass is 274 g/mol. The summed E-state index contributed by atoms with van der Waals surface area (Å²) < 4.78 is 37.2. The van der Waals surface area contributed by atoms with Gasteiger partial charge in [0.15, 0.2) is 5.82 Å². The molecule has 0 aromatic carbocycles. The number of anilines is 1. The first-order chi connectivity index (χ1) is 8.90. The largest absolute Gasteiger partial charge is 0.408 e. The lowest BCUT2D eigenvalue weighted by Crippen LogP contribution is -2.38. The third-order valence-corrected chi connectivity index (χ3v) is 3.43. The second-order valence-corrected chi connectivity index (χ2v) is 5.06. The molecule has 5 nitrogen and oxygen atoms in total. The van der Waals surface area contributed by atoms with Gasteiger partial charge >= 0.3 is 6.18 Å². The number of halogens is 3. The summed E-state index contributed by atoms with van der Waals surface area (Å²) in [6.07, 6.45) is -1.21. The van der Waals surface area contributed by atoms with Crippen molar-refractivity contribution in [1.29, 1.82) is 0 Å². The summed E-state index contributed by atoms with van der Waals surface area (Å²) >= 11 is 0. The average molecular weight is 274 g/mol. The lowest BCUT2D eigenvalue weighted by molar-refractivity contribution is -0.142. The van der Waals surface area contributed by atoms with E-state index >= 15 is 0 Å². The first kappa shape index (κ1) is 12.5. The fraction of sp³-hybridized carbons (Fsp3) is 0.636. The highest BCUT2D eigenvalue weighted by Crippen LogP contribution is 2.40. The molecule has 19 heavy (non-hydrogen) atoms. The molecule has 2 fully saturated rings. The number of alkyl halides is 3. The number of carbonyl (C=O) groups excluding carboxylic acids is 1. The third-order valence-electron chi connectivity index (χ3n) is 3.43. The van der Waals surface area contributed by atoms with Crippen LogP contribution in [0.5, 0.6) is 0 Å². The van der Waals surface area contributed by atoms with E-state index in [-0.39, 0.29) is 17.8 Å². The van der Waals surface area contributed by atoms with E-state index in [4.69, 9.17) is 0 Å². The molecule has 8 heteroatoms. The van der Waals surface area contributed by atoms with Crippen LogP contribution >= 0.6 is 0 Å². The van der Waals surface area contributed by atoms with E-state index in [0.29, 0.717) is 12.0 Å². The molecule has 104 valence electrons. The molecule has 2 aliphatic rings. The zero-order chi connectivity index (χ0) is 13.6. The van der Waals surface area contributed by atoms with Crippen LogP contribution in [-0.2, 0) is 11.3 Å². The number of hydrogen-bond acceptors (Lipinski definition) is 3. The van der Waals surface area contributed by atoms with E-state index in [2.05, 4.69) is 15.7 Å². The van der Waals surface area contributed by atoms with E-state index in [1.807, 2.05) is 0 Å². The zero-order valence-electron chi connectivity index (χ0n) is 9.94. The van der Waals surface area contributed by atoms with Gasteiger partial charge in [-0.25, -0.2) is 0 Å². The number of amides is 1. The summed E-state index contributed by atoms with van der Waals surface area (Å²) in [4.78, 5) is 11.8. The van der Waals surface area contributed by atoms with E-state index in [9.17, 15) is 18.0 Å². The predicted molar refractivity (Wildman–Crippen MR) is 60.3 cm³/mol. The van der Waals surface area contributed by atoms with E-state index < -0.39 is 12.7 Å². The summed E-state index contributed by atoms with van der Waals surface area (Å²) in [5, 5.41) is 9.37. The molecule has 1 saturated heterocycles. The molecule has 1 amide bonds. The normalized spacial score (nSPS) is 29.1.